The standard InChI is InChI=1S/C22H26O2/c1-4-21(5-2)17-22(23-3,19-14-10-7-11-15-19)24-20(21)16-18-12-8-6-9-13-18/h6-16H,4-5,17H2,1-3H3/b20-16-. The second-order valence-corrected chi connectivity index (χ2v) is 6.51. The van der Waals surface area contributed by atoms with E-state index in [0.717, 1.165) is 30.6 Å². The van der Waals surface area contributed by atoms with Crippen LogP contribution in [0.15, 0.2) is 66.4 Å². The summed E-state index contributed by atoms with van der Waals surface area (Å²) in [5.41, 5.74) is 2.25. The quantitative estimate of drug-likeness (QED) is 0.697. The molecule has 0 saturated carbocycles. The summed E-state index contributed by atoms with van der Waals surface area (Å²) in [6.07, 6.45) is 5.07. The first-order valence-electron chi connectivity index (χ1n) is 8.75. The van der Waals surface area contributed by atoms with Gasteiger partial charge in [-0.3, -0.25) is 0 Å². The van der Waals surface area contributed by atoms with Crippen molar-refractivity contribution in [3.63, 3.8) is 0 Å². The molecule has 0 spiro atoms. The zero-order valence-electron chi connectivity index (χ0n) is 14.8. The zero-order valence-corrected chi connectivity index (χ0v) is 14.8. The minimum atomic E-state index is -0.701. The summed E-state index contributed by atoms with van der Waals surface area (Å²) in [6.45, 7) is 4.48. The summed E-state index contributed by atoms with van der Waals surface area (Å²) in [7, 11) is 1.74. The van der Waals surface area contributed by atoms with E-state index >= 15 is 0 Å². The molecule has 0 bridgehead atoms. The van der Waals surface area contributed by atoms with Crippen molar-refractivity contribution in [3.8, 4) is 0 Å². The van der Waals surface area contributed by atoms with Crippen molar-refractivity contribution in [2.45, 2.75) is 38.9 Å². The van der Waals surface area contributed by atoms with Crippen LogP contribution in [0.25, 0.3) is 6.08 Å². The molecule has 2 nitrogen and oxygen atoms in total. The third kappa shape index (κ3) is 2.87. The number of hydrogen-bond donors (Lipinski definition) is 0. The summed E-state index contributed by atoms with van der Waals surface area (Å²) in [5, 5.41) is 0. The highest BCUT2D eigenvalue weighted by Crippen LogP contribution is 2.56. The van der Waals surface area contributed by atoms with E-state index in [1.54, 1.807) is 7.11 Å². The average molecular weight is 322 g/mol. The van der Waals surface area contributed by atoms with Crippen LogP contribution >= 0.6 is 0 Å². The number of rotatable bonds is 5. The van der Waals surface area contributed by atoms with Crippen LogP contribution in [0, 0.1) is 5.41 Å². The van der Waals surface area contributed by atoms with Crippen LogP contribution in [0.2, 0.25) is 0 Å². The van der Waals surface area contributed by atoms with Crippen molar-refractivity contribution in [1.82, 2.24) is 0 Å². The Hall–Kier alpha value is -2.06. The third-order valence-corrected chi connectivity index (χ3v) is 5.36. The highest BCUT2D eigenvalue weighted by atomic mass is 16.7. The molecule has 1 unspecified atom stereocenters. The molecule has 1 aliphatic heterocycles. The lowest BCUT2D eigenvalue weighted by Gasteiger charge is -2.28. The number of allylic oxidation sites excluding steroid dienone is 1. The zero-order chi connectivity index (χ0) is 17.0. The van der Waals surface area contributed by atoms with E-state index in [2.05, 4.69) is 56.3 Å². The molecule has 0 radical (unpaired) electrons. The molecule has 0 amide bonds. The minimum absolute atomic E-state index is 0.00168. The van der Waals surface area contributed by atoms with Crippen LogP contribution in [0.5, 0.6) is 0 Å². The lowest BCUT2D eigenvalue weighted by atomic mass is 9.75. The number of hydrogen-bond acceptors (Lipinski definition) is 2. The van der Waals surface area contributed by atoms with Gasteiger partial charge in [-0.2, -0.15) is 0 Å². The molecule has 0 N–H and O–H groups in total. The van der Waals surface area contributed by atoms with Gasteiger partial charge in [0.05, 0.1) is 0 Å². The molecule has 2 aromatic carbocycles. The van der Waals surface area contributed by atoms with Crippen LogP contribution in [0.3, 0.4) is 0 Å². The highest BCUT2D eigenvalue weighted by Gasteiger charge is 2.53. The SMILES string of the molecule is CCC1(CC)CC(OC)(c2ccccc2)O/C1=C\c1ccccc1. The smallest absolute Gasteiger partial charge is 0.237 e. The highest BCUT2D eigenvalue weighted by molar-refractivity contribution is 5.53. The van der Waals surface area contributed by atoms with Crippen molar-refractivity contribution in [2.24, 2.45) is 5.41 Å². The van der Waals surface area contributed by atoms with Crippen molar-refractivity contribution in [2.75, 3.05) is 7.11 Å². The first kappa shape index (κ1) is 16.8. The third-order valence-electron chi connectivity index (χ3n) is 5.36. The monoisotopic (exact) mass is 322 g/mol. The van der Waals surface area contributed by atoms with E-state index in [1.165, 1.54) is 5.56 Å². The molecule has 0 aromatic heterocycles. The minimum Gasteiger partial charge on any atom is -0.462 e. The maximum atomic E-state index is 6.52. The normalized spacial score (nSPS) is 24.0. The van der Waals surface area contributed by atoms with E-state index in [9.17, 15) is 0 Å². The maximum Gasteiger partial charge on any atom is 0.237 e. The van der Waals surface area contributed by atoms with Gasteiger partial charge >= 0.3 is 0 Å². The topological polar surface area (TPSA) is 18.5 Å². The largest absolute Gasteiger partial charge is 0.462 e. The van der Waals surface area contributed by atoms with Crippen LogP contribution in [-0.2, 0) is 15.3 Å². The molecular weight excluding hydrogens is 296 g/mol. The van der Waals surface area contributed by atoms with Gasteiger partial charge < -0.3 is 9.47 Å². The summed E-state index contributed by atoms with van der Waals surface area (Å²) < 4.78 is 12.5. The number of methoxy groups -OCH3 is 1. The van der Waals surface area contributed by atoms with Gasteiger partial charge in [0.15, 0.2) is 0 Å². The van der Waals surface area contributed by atoms with Gasteiger partial charge in [-0.25, -0.2) is 0 Å². The van der Waals surface area contributed by atoms with E-state index in [0.29, 0.717) is 0 Å². The van der Waals surface area contributed by atoms with Crippen LogP contribution in [0.4, 0.5) is 0 Å². The summed E-state index contributed by atoms with van der Waals surface area (Å²) in [5.74, 6) is 0.331. The molecule has 2 heteroatoms. The van der Waals surface area contributed by atoms with Crippen molar-refractivity contribution in [3.05, 3.63) is 77.5 Å². The Morgan fingerprint density at radius 2 is 1.54 bits per heavy atom. The molecule has 1 heterocycles. The Kier molecular flexibility index (Phi) is 4.77. The fourth-order valence-corrected chi connectivity index (χ4v) is 3.67. The van der Waals surface area contributed by atoms with Gasteiger partial charge in [-0.05, 0) is 24.5 Å². The maximum absolute atomic E-state index is 6.52. The van der Waals surface area contributed by atoms with Gasteiger partial charge in [0.1, 0.15) is 5.76 Å². The van der Waals surface area contributed by atoms with Crippen molar-refractivity contribution in [1.29, 1.82) is 0 Å². The van der Waals surface area contributed by atoms with E-state index in [4.69, 9.17) is 9.47 Å². The fraction of sp³-hybridized carbons (Fsp3) is 0.364. The predicted molar refractivity (Wildman–Crippen MR) is 98.3 cm³/mol. The first-order valence-corrected chi connectivity index (χ1v) is 8.75. The summed E-state index contributed by atoms with van der Waals surface area (Å²) in [4.78, 5) is 0. The molecule has 3 rings (SSSR count). The Morgan fingerprint density at radius 1 is 0.958 bits per heavy atom. The number of ether oxygens (including phenoxy) is 2. The van der Waals surface area contributed by atoms with Crippen molar-refractivity contribution >= 4 is 6.08 Å². The Labute approximate surface area is 145 Å². The molecule has 1 saturated heterocycles. The van der Waals surface area contributed by atoms with Gasteiger partial charge in [0.2, 0.25) is 5.79 Å². The second-order valence-electron chi connectivity index (χ2n) is 6.51. The Bertz CT molecular complexity index is 686. The van der Waals surface area contributed by atoms with Crippen molar-refractivity contribution < 1.29 is 9.47 Å². The van der Waals surface area contributed by atoms with E-state index in [-0.39, 0.29) is 5.41 Å². The second kappa shape index (κ2) is 6.82. The van der Waals surface area contributed by atoms with Gasteiger partial charge in [0, 0.05) is 24.5 Å². The fourth-order valence-electron chi connectivity index (χ4n) is 3.67. The van der Waals surface area contributed by atoms with E-state index < -0.39 is 5.79 Å². The lowest BCUT2D eigenvalue weighted by molar-refractivity contribution is -0.186. The molecule has 1 aliphatic rings. The Balaban J connectivity index is 2.07. The summed E-state index contributed by atoms with van der Waals surface area (Å²) >= 11 is 0. The molecule has 1 atom stereocenters. The first-order chi connectivity index (χ1) is 11.7. The van der Waals surface area contributed by atoms with Crippen LogP contribution < -0.4 is 0 Å². The lowest BCUT2D eigenvalue weighted by Crippen LogP contribution is -2.28. The Morgan fingerprint density at radius 3 is 2.08 bits per heavy atom. The molecule has 0 aliphatic carbocycles. The molecular formula is C22H26O2. The molecule has 1 fully saturated rings. The predicted octanol–water partition coefficient (Wildman–Crippen LogP) is 5.75. The number of benzene rings is 2. The summed E-state index contributed by atoms with van der Waals surface area (Å²) in [6, 6.07) is 20.7. The van der Waals surface area contributed by atoms with Gasteiger partial charge in [0.25, 0.3) is 0 Å². The van der Waals surface area contributed by atoms with Crippen LogP contribution in [-0.4, -0.2) is 7.11 Å². The molecule has 24 heavy (non-hydrogen) atoms. The molecule has 126 valence electrons. The van der Waals surface area contributed by atoms with Gasteiger partial charge in [-0.1, -0.05) is 74.5 Å². The van der Waals surface area contributed by atoms with Gasteiger partial charge in [-0.15, -0.1) is 0 Å². The van der Waals surface area contributed by atoms with Crippen LogP contribution in [0.1, 0.15) is 44.2 Å². The molecule has 2 aromatic rings. The average Bonchev–Trinajstić information content (AvgIpc) is 2.99. The van der Waals surface area contributed by atoms with E-state index in [1.807, 2.05) is 24.3 Å².